The molecule has 1 N–H and O–H groups in total. The molecule has 0 aliphatic carbocycles. The van der Waals surface area contributed by atoms with Crippen LogP contribution in [-0.4, -0.2) is 36.6 Å². The van der Waals surface area contributed by atoms with E-state index in [0.717, 1.165) is 24.5 Å². The lowest BCUT2D eigenvalue weighted by Gasteiger charge is -2.29. The van der Waals surface area contributed by atoms with E-state index in [0.29, 0.717) is 0 Å². The summed E-state index contributed by atoms with van der Waals surface area (Å²) >= 11 is 0. The van der Waals surface area contributed by atoms with Gasteiger partial charge in [0.1, 0.15) is 0 Å². The van der Waals surface area contributed by atoms with Crippen LogP contribution in [0.1, 0.15) is 18.4 Å². The fraction of sp³-hybridized carbons (Fsp3) is 0.471. The summed E-state index contributed by atoms with van der Waals surface area (Å²) in [6.45, 7) is 4.52. The van der Waals surface area contributed by atoms with E-state index in [4.69, 9.17) is 0 Å². The molecule has 1 aliphatic rings. The zero-order chi connectivity index (χ0) is 13.8. The van der Waals surface area contributed by atoms with Crippen LogP contribution in [0.3, 0.4) is 0 Å². The number of pyridine rings is 1. The summed E-state index contributed by atoms with van der Waals surface area (Å²) in [5, 5.41) is 4.85. The third-order valence-electron chi connectivity index (χ3n) is 4.30. The number of nitrogens with zero attached hydrogens (tertiary/aromatic N) is 2. The summed E-state index contributed by atoms with van der Waals surface area (Å²) in [4.78, 5) is 6.93. The van der Waals surface area contributed by atoms with Gasteiger partial charge in [-0.3, -0.25) is 4.98 Å². The second kappa shape index (κ2) is 6.33. The van der Waals surface area contributed by atoms with E-state index < -0.39 is 0 Å². The minimum absolute atomic E-state index is 0.828. The number of fused-ring (bicyclic) bond motifs is 1. The minimum atomic E-state index is 0.828. The van der Waals surface area contributed by atoms with Gasteiger partial charge in [0, 0.05) is 18.1 Å². The fourth-order valence-electron chi connectivity index (χ4n) is 2.99. The van der Waals surface area contributed by atoms with Crippen LogP contribution in [0.2, 0.25) is 0 Å². The molecule has 0 amide bonds. The minimum Gasteiger partial charge on any atom is -0.312 e. The first-order valence-electron chi connectivity index (χ1n) is 7.55. The molecule has 1 saturated heterocycles. The molecule has 0 spiro atoms. The van der Waals surface area contributed by atoms with Crippen molar-refractivity contribution in [1.29, 1.82) is 0 Å². The Balaban J connectivity index is 1.57. The highest BCUT2D eigenvalue weighted by atomic mass is 15.1. The van der Waals surface area contributed by atoms with Gasteiger partial charge in [-0.1, -0.05) is 24.3 Å². The molecule has 0 saturated carbocycles. The normalized spacial score (nSPS) is 17.6. The fourth-order valence-corrected chi connectivity index (χ4v) is 2.99. The predicted octanol–water partition coefficient (Wildman–Crippen LogP) is 2.67. The number of likely N-dealkylation sites (tertiary alicyclic amines) is 1. The van der Waals surface area contributed by atoms with E-state index in [1.54, 1.807) is 0 Å². The molecule has 2 aromatic rings. The van der Waals surface area contributed by atoms with E-state index in [2.05, 4.69) is 46.5 Å². The van der Waals surface area contributed by atoms with Gasteiger partial charge in [-0.25, -0.2) is 0 Å². The van der Waals surface area contributed by atoms with Gasteiger partial charge in [-0.15, -0.1) is 0 Å². The van der Waals surface area contributed by atoms with Crippen molar-refractivity contribution in [3.8, 4) is 0 Å². The SMILES string of the molecule is CN1CCC(CNCc2cccc3cccnc23)CC1. The van der Waals surface area contributed by atoms with Crippen LogP contribution in [0.5, 0.6) is 0 Å². The Labute approximate surface area is 121 Å². The van der Waals surface area contributed by atoms with Crippen molar-refractivity contribution in [2.75, 3.05) is 26.7 Å². The lowest BCUT2D eigenvalue weighted by Crippen LogP contribution is -2.34. The molecule has 1 aliphatic heterocycles. The number of aromatic nitrogens is 1. The Hall–Kier alpha value is -1.45. The van der Waals surface area contributed by atoms with Crippen LogP contribution in [0.15, 0.2) is 36.5 Å². The molecule has 0 bridgehead atoms. The first kappa shape index (κ1) is 13.5. The van der Waals surface area contributed by atoms with Gasteiger partial charge in [0.2, 0.25) is 0 Å². The van der Waals surface area contributed by atoms with E-state index in [-0.39, 0.29) is 0 Å². The van der Waals surface area contributed by atoms with Crippen LogP contribution in [0, 0.1) is 5.92 Å². The van der Waals surface area contributed by atoms with Gasteiger partial charge in [0.25, 0.3) is 0 Å². The maximum Gasteiger partial charge on any atom is 0.0746 e. The van der Waals surface area contributed by atoms with E-state index in [9.17, 15) is 0 Å². The Morgan fingerprint density at radius 3 is 2.85 bits per heavy atom. The highest BCUT2D eigenvalue weighted by Gasteiger charge is 2.15. The number of piperidine rings is 1. The Morgan fingerprint density at radius 2 is 2.00 bits per heavy atom. The van der Waals surface area contributed by atoms with E-state index in [1.165, 1.54) is 36.9 Å². The summed E-state index contributed by atoms with van der Waals surface area (Å²) in [6, 6.07) is 10.6. The number of benzene rings is 1. The van der Waals surface area contributed by atoms with E-state index >= 15 is 0 Å². The summed E-state index contributed by atoms with van der Waals surface area (Å²) < 4.78 is 0. The maximum absolute atomic E-state index is 4.51. The molecular weight excluding hydrogens is 246 g/mol. The van der Waals surface area contributed by atoms with Gasteiger partial charge in [0.05, 0.1) is 5.52 Å². The monoisotopic (exact) mass is 269 g/mol. The quantitative estimate of drug-likeness (QED) is 0.925. The van der Waals surface area contributed by atoms with Crippen LogP contribution < -0.4 is 5.32 Å². The third-order valence-corrected chi connectivity index (χ3v) is 4.30. The largest absolute Gasteiger partial charge is 0.312 e. The molecule has 1 aromatic carbocycles. The van der Waals surface area contributed by atoms with Gasteiger partial charge in [0.15, 0.2) is 0 Å². The van der Waals surface area contributed by atoms with Crippen LogP contribution in [0.25, 0.3) is 10.9 Å². The van der Waals surface area contributed by atoms with Crippen molar-refractivity contribution < 1.29 is 0 Å². The molecule has 0 unspecified atom stereocenters. The highest BCUT2D eigenvalue weighted by molar-refractivity contribution is 5.81. The Kier molecular flexibility index (Phi) is 4.28. The standard InChI is InChI=1S/C17H23N3/c1-20-10-7-14(8-11-20)12-18-13-16-5-2-4-15-6-3-9-19-17(15)16/h2-6,9,14,18H,7-8,10-13H2,1H3. The summed E-state index contributed by atoms with van der Waals surface area (Å²) in [6.07, 6.45) is 4.51. The van der Waals surface area contributed by atoms with Gasteiger partial charge in [-0.2, -0.15) is 0 Å². The van der Waals surface area contributed by atoms with Crippen molar-refractivity contribution in [3.63, 3.8) is 0 Å². The van der Waals surface area contributed by atoms with Crippen LogP contribution in [0.4, 0.5) is 0 Å². The molecule has 0 atom stereocenters. The van der Waals surface area contributed by atoms with Crippen molar-refractivity contribution in [3.05, 3.63) is 42.1 Å². The Bertz CT molecular complexity index is 554. The van der Waals surface area contributed by atoms with Crippen molar-refractivity contribution in [1.82, 2.24) is 15.2 Å². The van der Waals surface area contributed by atoms with Gasteiger partial charge < -0.3 is 10.2 Å². The van der Waals surface area contributed by atoms with Crippen molar-refractivity contribution >= 4 is 10.9 Å². The van der Waals surface area contributed by atoms with Crippen molar-refractivity contribution in [2.45, 2.75) is 19.4 Å². The third kappa shape index (κ3) is 3.17. The smallest absolute Gasteiger partial charge is 0.0746 e. The average Bonchev–Trinajstić information content (AvgIpc) is 2.49. The molecule has 0 radical (unpaired) electrons. The molecular formula is C17H23N3. The van der Waals surface area contributed by atoms with Gasteiger partial charge in [-0.05, 0) is 57.1 Å². The topological polar surface area (TPSA) is 28.2 Å². The molecule has 20 heavy (non-hydrogen) atoms. The first-order chi connectivity index (χ1) is 9.83. The second-order valence-corrected chi connectivity index (χ2v) is 5.87. The Morgan fingerprint density at radius 1 is 1.20 bits per heavy atom. The number of rotatable bonds is 4. The summed E-state index contributed by atoms with van der Waals surface area (Å²) in [7, 11) is 2.21. The van der Waals surface area contributed by atoms with Gasteiger partial charge >= 0.3 is 0 Å². The molecule has 3 heteroatoms. The second-order valence-electron chi connectivity index (χ2n) is 5.87. The molecule has 3 rings (SSSR count). The lowest BCUT2D eigenvalue weighted by atomic mass is 9.97. The molecule has 2 heterocycles. The molecule has 106 valence electrons. The number of hydrogen-bond donors (Lipinski definition) is 1. The number of para-hydroxylation sites is 1. The zero-order valence-corrected chi connectivity index (χ0v) is 12.2. The predicted molar refractivity (Wildman–Crippen MR) is 83.7 cm³/mol. The van der Waals surface area contributed by atoms with E-state index in [1.807, 2.05) is 12.3 Å². The summed E-state index contributed by atoms with van der Waals surface area (Å²) in [5.41, 5.74) is 2.43. The average molecular weight is 269 g/mol. The first-order valence-corrected chi connectivity index (χ1v) is 7.55. The maximum atomic E-state index is 4.51. The number of hydrogen-bond acceptors (Lipinski definition) is 3. The van der Waals surface area contributed by atoms with Crippen molar-refractivity contribution in [2.24, 2.45) is 5.92 Å². The molecule has 1 aromatic heterocycles. The summed E-state index contributed by atoms with van der Waals surface area (Å²) in [5.74, 6) is 0.828. The number of nitrogens with one attached hydrogen (secondary N) is 1. The van der Waals surface area contributed by atoms with Crippen LogP contribution >= 0.6 is 0 Å². The molecule has 3 nitrogen and oxygen atoms in total. The zero-order valence-electron chi connectivity index (χ0n) is 12.2. The molecule has 1 fully saturated rings. The lowest BCUT2D eigenvalue weighted by molar-refractivity contribution is 0.216. The highest BCUT2D eigenvalue weighted by Crippen LogP contribution is 2.17. The van der Waals surface area contributed by atoms with Crippen LogP contribution in [-0.2, 0) is 6.54 Å².